The first-order valence-corrected chi connectivity index (χ1v) is 11.3. The van der Waals surface area contributed by atoms with Gasteiger partial charge in [-0.25, -0.2) is 0 Å². The summed E-state index contributed by atoms with van der Waals surface area (Å²) in [7, 11) is 3.35. The van der Waals surface area contributed by atoms with Crippen LogP contribution in [0, 0.1) is 0 Å². The maximum Gasteiger partial charge on any atom is 0.291 e. The lowest BCUT2D eigenvalue weighted by atomic mass is 10.1. The fourth-order valence-electron chi connectivity index (χ4n) is 3.31. The van der Waals surface area contributed by atoms with Crippen LogP contribution in [0.1, 0.15) is 26.5 Å². The zero-order chi connectivity index (χ0) is 22.7. The van der Waals surface area contributed by atoms with Gasteiger partial charge in [-0.15, -0.1) is 11.8 Å². The highest BCUT2D eigenvalue weighted by Crippen LogP contribution is 2.33. The molecule has 0 aliphatic rings. The zero-order valence-corrected chi connectivity index (χ0v) is 19.2. The third kappa shape index (κ3) is 4.66. The molecule has 3 aromatic carbocycles. The molecule has 0 spiro atoms. The van der Waals surface area contributed by atoms with Crippen molar-refractivity contribution in [1.82, 2.24) is 4.90 Å². The van der Waals surface area contributed by atoms with E-state index >= 15 is 0 Å². The molecule has 1 heterocycles. The van der Waals surface area contributed by atoms with Gasteiger partial charge in [0, 0.05) is 40.7 Å². The van der Waals surface area contributed by atoms with E-state index in [4.69, 9.17) is 16.0 Å². The molecule has 0 atom stereocenters. The number of furan rings is 1. The van der Waals surface area contributed by atoms with Gasteiger partial charge >= 0.3 is 0 Å². The number of anilines is 1. The molecule has 0 saturated carbocycles. The number of fused-ring (bicyclic) bond motifs is 1. The number of nitrogens with one attached hydrogen (secondary N) is 1. The third-order valence-electron chi connectivity index (χ3n) is 4.91. The summed E-state index contributed by atoms with van der Waals surface area (Å²) in [4.78, 5) is 28.3. The van der Waals surface area contributed by atoms with Crippen molar-refractivity contribution >= 4 is 51.8 Å². The van der Waals surface area contributed by atoms with Gasteiger partial charge in [-0.05, 0) is 42.5 Å². The molecule has 0 bridgehead atoms. The molecule has 1 aromatic heterocycles. The summed E-state index contributed by atoms with van der Waals surface area (Å²) in [5, 5.41) is 4.42. The number of halogens is 1. The van der Waals surface area contributed by atoms with Crippen LogP contribution in [0.5, 0.6) is 0 Å². The maximum absolute atomic E-state index is 13.2. The number of nitrogens with zero attached hydrogens (tertiary/aromatic N) is 1. The second-order valence-electron chi connectivity index (χ2n) is 7.35. The molecule has 0 fully saturated rings. The van der Waals surface area contributed by atoms with Crippen molar-refractivity contribution < 1.29 is 14.0 Å². The Kier molecular flexibility index (Phi) is 6.53. The Balaban J connectivity index is 1.65. The molecule has 2 amide bonds. The summed E-state index contributed by atoms with van der Waals surface area (Å²) in [6.45, 7) is 0. The Morgan fingerprint density at radius 2 is 1.66 bits per heavy atom. The summed E-state index contributed by atoms with van der Waals surface area (Å²) in [6.07, 6.45) is 0. The van der Waals surface area contributed by atoms with Crippen molar-refractivity contribution in [2.75, 3.05) is 19.4 Å². The standard InChI is InChI=1S/C25H21ClN2O3S/c1-28(2)25(30)19-8-3-5-9-21(19)27-24(29)23-20(18-7-4-6-10-22(18)31-23)15-32-17-13-11-16(26)12-14-17/h3-14H,15H2,1-2H3,(H,27,29). The summed E-state index contributed by atoms with van der Waals surface area (Å²) < 4.78 is 5.95. The molecule has 1 N–H and O–H groups in total. The van der Waals surface area contributed by atoms with Gasteiger partial charge < -0.3 is 14.6 Å². The minimum Gasteiger partial charge on any atom is -0.451 e. The second kappa shape index (κ2) is 9.51. The Hall–Kier alpha value is -3.22. The Labute approximate surface area is 195 Å². The lowest BCUT2D eigenvalue weighted by Crippen LogP contribution is -2.24. The van der Waals surface area contributed by atoms with Crippen LogP contribution in [0.15, 0.2) is 82.1 Å². The minimum atomic E-state index is -0.396. The minimum absolute atomic E-state index is 0.191. The van der Waals surface area contributed by atoms with E-state index in [1.54, 1.807) is 50.1 Å². The van der Waals surface area contributed by atoms with Crippen LogP contribution in [0.2, 0.25) is 5.02 Å². The molecule has 0 radical (unpaired) electrons. The van der Waals surface area contributed by atoms with Crippen molar-refractivity contribution in [3.8, 4) is 0 Å². The number of carbonyl (C=O) groups is 2. The molecule has 7 heteroatoms. The normalized spacial score (nSPS) is 10.8. The van der Waals surface area contributed by atoms with Crippen LogP contribution >= 0.6 is 23.4 Å². The van der Waals surface area contributed by atoms with Crippen molar-refractivity contribution in [3.63, 3.8) is 0 Å². The quantitative estimate of drug-likeness (QED) is 0.338. The van der Waals surface area contributed by atoms with Gasteiger partial charge in [0.05, 0.1) is 11.3 Å². The van der Waals surface area contributed by atoms with Gasteiger partial charge in [0.2, 0.25) is 0 Å². The molecular formula is C25H21ClN2O3S. The lowest BCUT2D eigenvalue weighted by Gasteiger charge is -2.14. The van der Waals surface area contributed by atoms with Crippen molar-refractivity contribution in [1.29, 1.82) is 0 Å². The highest BCUT2D eigenvalue weighted by Gasteiger charge is 2.22. The molecule has 0 unspecified atom stereocenters. The highest BCUT2D eigenvalue weighted by atomic mass is 35.5. The largest absolute Gasteiger partial charge is 0.451 e. The second-order valence-corrected chi connectivity index (χ2v) is 8.83. The fraction of sp³-hybridized carbons (Fsp3) is 0.120. The van der Waals surface area contributed by atoms with Crippen molar-refractivity contribution in [2.45, 2.75) is 10.6 Å². The van der Waals surface area contributed by atoms with E-state index in [0.717, 1.165) is 15.8 Å². The number of rotatable bonds is 6. The van der Waals surface area contributed by atoms with E-state index in [0.29, 0.717) is 27.6 Å². The smallest absolute Gasteiger partial charge is 0.291 e. The van der Waals surface area contributed by atoms with E-state index in [1.807, 2.05) is 48.5 Å². The molecule has 162 valence electrons. The summed E-state index contributed by atoms with van der Waals surface area (Å²) in [6, 6.07) is 22.1. The van der Waals surface area contributed by atoms with Crippen LogP contribution in [-0.4, -0.2) is 30.8 Å². The molecule has 4 aromatic rings. The predicted octanol–water partition coefficient (Wildman–Crippen LogP) is 6.33. The zero-order valence-electron chi connectivity index (χ0n) is 17.6. The van der Waals surface area contributed by atoms with E-state index in [9.17, 15) is 9.59 Å². The van der Waals surface area contributed by atoms with E-state index in [-0.39, 0.29) is 11.7 Å². The predicted molar refractivity (Wildman–Crippen MR) is 130 cm³/mol. The number of hydrogen-bond acceptors (Lipinski definition) is 4. The van der Waals surface area contributed by atoms with Gasteiger partial charge in [-0.1, -0.05) is 41.9 Å². The first-order chi connectivity index (χ1) is 15.4. The van der Waals surface area contributed by atoms with E-state index < -0.39 is 5.91 Å². The molecular weight excluding hydrogens is 444 g/mol. The average Bonchev–Trinajstić information content (AvgIpc) is 3.17. The van der Waals surface area contributed by atoms with Crippen molar-refractivity contribution in [2.24, 2.45) is 0 Å². The maximum atomic E-state index is 13.2. The lowest BCUT2D eigenvalue weighted by molar-refractivity contribution is 0.0828. The van der Waals surface area contributed by atoms with Gasteiger partial charge in [0.25, 0.3) is 11.8 Å². The third-order valence-corrected chi connectivity index (χ3v) is 6.20. The van der Waals surface area contributed by atoms with Gasteiger partial charge in [-0.3, -0.25) is 9.59 Å². The Morgan fingerprint density at radius 1 is 0.969 bits per heavy atom. The van der Waals surface area contributed by atoms with Gasteiger partial charge in [-0.2, -0.15) is 0 Å². The highest BCUT2D eigenvalue weighted by molar-refractivity contribution is 7.98. The fourth-order valence-corrected chi connectivity index (χ4v) is 4.36. The van der Waals surface area contributed by atoms with Gasteiger partial charge in [0.1, 0.15) is 5.58 Å². The molecule has 5 nitrogen and oxygen atoms in total. The molecule has 0 aliphatic carbocycles. The number of hydrogen-bond donors (Lipinski definition) is 1. The Morgan fingerprint density at radius 3 is 2.41 bits per heavy atom. The van der Waals surface area contributed by atoms with Crippen molar-refractivity contribution in [3.05, 3.63) is 94.7 Å². The summed E-state index contributed by atoms with van der Waals surface area (Å²) in [5.41, 5.74) is 2.29. The number of carbonyl (C=O) groups excluding carboxylic acids is 2. The summed E-state index contributed by atoms with van der Waals surface area (Å²) in [5.74, 6) is 0.190. The number of para-hydroxylation sites is 2. The Bertz CT molecular complexity index is 1280. The van der Waals surface area contributed by atoms with Gasteiger partial charge in [0.15, 0.2) is 5.76 Å². The number of benzene rings is 3. The topological polar surface area (TPSA) is 62.6 Å². The van der Waals surface area contributed by atoms with Crippen LogP contribution in [0.3, 0.4) is 0 Å². The molecule has 32 heavy (non-hydrogen) atoms. The van der Waals surface area contributed by atoms with Crippen LogP contribution < -0.4 is 5.32 Å². The monoisotopic (exact) mass is 464 g/mol. The van der Waals surface area contributed by atoms with Crippen LogP contribution in [0.25, 0.3) is 11.0 Å². The molecule has 0 saturated heterocycles. The average molecular weight is 465 g/mol. The molecule has 0 aliphatic heterocycles. The van der Waals surface area contributed by atoms with Crippen LogP contribution in [-0.2, 0) is 5.75 Å². The first kappa shape index (κ1) is 22.0. The number of amides is 2. The molecule has 4 rings (SSSR count). The van der Waals surface area contributed by atoms with E-state index in [1.165, 1.54) is 4.90 Å². The summed E-state index contributed by atoms with van der Waals surface area (Å²) >= 11 is 7.58. The number of thioether (sulfide) groups is 1. The SMILES string of the molecule is CN(C)C(=O)c1ccccc1NC(=O)c1oc2ccccc2c1CSc1ccc(Cl)cc1. The first-order valence-electron chi connectivity index (χ1n) is 9.95. The van der Waals surface area contributed by atoms with Crippen LogP contribution in [0.4, 0.5) is 5.69 Å². The van der Waals surface area contributed by atoms with E-state index in [2.05, 4.69) is 5.32 Å².